The molecule has 0 bridgehead atoms. The van der Waals surface area contributed by atoms with Crippen LogP contribution >= 0.6 is 0 Å². The molecular weight excluding hydrogens is 224 g/mol. The lowest BCUT2D eigenvalue weighted by atomic mass is 10.2. The third-order valence-corrected chi connectivity index (χ3v) is 3.22. The molecule has 0 saturated carbocycles. The lowest BCUT2D eigenvalue weighted by Gasteiger charge is -2.20. The Labute approximate surface area is 108 Å². The molecule has 0 amide bonds. The average Bonchev–Trinajstić information content (AvgIpc) is 2.98. The van der Waals surface area contributed by atoms with E-state index in [9.17, 15) is 0 Å². The maximum absolute atomic E-state index is 2.24. The number of anilines is 1. The Balaban J connectivity index is 1.86. The Morgan fingerprint density at radius 1 is 1.17 bits per heavy atom. The molecule has 4 heteroatoms. The largest absolute Gasteiger partial charge is 0.365 e. The number of benzene rings is 1. The molecule has 1 aromatic rings. The molecule has 0 spiro atoms. The third kappa shape index (κ3) is 2.01. The first-order chi connectivity index (χ1) is 8.72. The zero-order valence-electron chi connectivity index (χ0n) is 10.8. The highest BCUT2D eigenvalue weighted by Gasteiger charge is 2.12. The van der Waals surface area contributed by atoms with Gasteiger partial charge in [0.05, 0.1) is 20.3 Å². The van der Waals surface area contributed by atoms with E-state index in [-0.39, 0.29) is 0 Å². The molecule has 0 aromatic heterocycles. The summed E-state index contributed by atoms with van der Waals surface area (Å²) >= 11 is 0. The first kappa shape index (κ1) is 11.0. The van der Waals surface area contributed by atoms with Crippen molar-refractivity contribution in [1.29, 1.82) is 0 Å². The molecule has 0 radical (unpaired) electrons. The van der Waals surface area contributed by atoms with Gasteiger partial charge in [-0.3, -0.25) is 0 Å². The van der Waals surface area contributed by atoms with Crippen LogP contribution in [-0.4, -0.2) is 48.0 Å². The molecule has 18 heavy (non-hydrogen) atoms. The van der Waals surface area contributed by atoms with E-state index in [1.165, 1.54) is 11.4 Å². The van der Waals surface area contributed by atoms with Crippen LogP contribution in [0.15, 0.2) is 36.7 Å². The zero-order valence-corrected chi connectivity index (χ0v) is 10.8. The molecule has 0 fully saturated rings. The van der Waals surface area contributed by atoms with Crippen molar-refractivity contribution in [3.63, 3.8) is 0 Å². The molecule has 4 nitrogen and oxygen atoms in total. The van der Waals surface area contributed by atoms with Crippen molar-refractivity contribution >= 4 is 17.7 Å². The summed E-state index contributed by atoms with van der Waals surface area (Å²) in [5.41, 5.74) is 2.43. The second kappa shape index (κ2) is 4.29. The highest BCUT2D eigenvalue weighted by Crippen LogP contribution is 2.25. The molecule has 0 aliphatic carbocycles. The van der Waals surface area contributed by atoms with E-state index in [4.69, 9.17) is 0 Å². The fraction of sp³-hybridized carbons (Fsp3) is 0.286. The van der Waals surface area contributed by atoms with Crippen LogP contribution < -0.4 is 4.90 Å². The van der Waals surface area contributed by atoms with E-state index in [1.807, 2.05) is 0 Å². The molecule has 0 unspecified atom stereocenters. The second-order valence-electron chi connectivity index (χ2n) is 4.83. The predicted octanol–water partition coefficient (Wildman–Crippen LogP) is 1.65. The van der Waals surface area contributed by atoms with Gasteiger partial charge in [-0.25, -0.2) is 0 Å². The fourth-order valence-corrected chi connectivity index (χ4v) is 2.22. The topological polar surface area (TPSA) is 12.7 Å². The number of likely N-dealkylation sites (N-methyl/N-ethyl adjacent to an activating group) is 1. The van der Waals surface area contributed by atoms with Crippen LogP contribution in [-0.2, 0) is 0 Å². The highest BCUT2D eigenvalue weighted by atomic mass is 15.3. The maximum Gasteiger partial charge on any atom is 0.137 e. The Bertz CT molecular complexity index is 506. The molecule has 2 heterocycles. The fourth-order valence-electron chi connectivity index (χ4n) is 2.22. The molecule has 0 atom stereocenters. The van der Waals surface area contributed by atoms with Crippen LogP contribution in [0.25, 0.3) is 0 Å². The highest BCUT2D eigenvalue weighted by molar-refractivity contribution is 5.59. The lowest BCUT2D eigenvalue weighted by Crippen LogP contribution is -2.21. The first-order valence-corrected chi connectivity index (χ1v) is 6.14. The molecule has 2 aliphatic heterocycles. The van der Waals surface area contributed by atoms with Gasteiger partial charge in [-0.15, -0.1) is 0 Å². The molecule has 2 aliphatic rings. The van der Waals surface area contributed by atoms with Crippen LogP contribution in [0.4, 0.5) is 11.4 Å². The van der Waals surface area contributed by atoms with Crippen LogP contribution in [0.1, 0.15) is 0 Å². The Kier molecular flexibility index (Phi) is 2.63. The minimum absolute atomic E-state index is 0.913. The van der Waals surface area contributed by atoms with Gasteiger partial charge in [0.2, 0.25) is 0 Å². The van der Waals surface area contributed by atoms with E-state index in [0.29, 0.717) is 0 Å². The smallest absolute Gasteiger partial charge is 0.137 e. The normalized spacial score (nSPS) is 18.3. The summed E-state index contributed by atoms with van der Waals surface area (Å²) in [6.45, 7) is 4.07. The lowest BCUT2D eigenvalue weighted by molar-refractivity contribution is -0.381. The summed E-state index contributed by atoms with van der Waals surface area (Å²) in [7, 11) is 4.16. The second-order valence-corrected chi connectivity index (χ2v) is 4.83. The zero-order chi connectivity index (χ0) is 12.5. The summed E-state index contributed by atoms with van der Waals surface area (Å²) in [6.07, 6.45) is 6.32. The van der Waals surface area contributed by atoms with Crippen LogP contribution in [0.2, 0.25) is 0 Å². The third-order valence-electron chi connectivity index (χ3n) is 3.22. The van der Waals surface area contributed by atoms with Gasteiger partial charge in [-0.1, -0.05) is 12.1 Å². The van der Waals surface area contributed by atoms with Crippen molar-refractivity contribution in [2.45, 2.75) is 0 Å². The minimum Gasteiger partial charge on any atom is -0.365 e. The van der Waals surface area contributed by atoms with E-state index < -0.39 is 0 Å². The van der Waals surface area contributed by atoms with E-state index in [2.05, 4.69) is 82.9 Å². The van der Waals surface area contributed by atoms with E-state index in [1.54, 1.807) is 0 Å². The Morgan fingerprint density at radius 2 is 2.06 bits per heavy atom. The van der Waals surface area contributed by atoms with E-state index in [0.717, 1.165) is 13.2 Å². The van der Waals surface area contributed by atoms with Gasteiger partial charge in [0, 0.05) is 37.4 Å². The Hall–Kier alpha value is -2.10. The molecule has 94 valence electrons. The van der Waals surface area contributed by atoms with Gasteiger partial charge < -0.3 is 19.3 Å². The number of rotatable bonds is 2. The van der Waals surface area contributed by atoms with Crippen molar-refractivity contribution in [1.82, 2.24) is 9.80 Å². The number of hydrogen-bond acceptors (Lipinski definition) is 3. The molecule has 0 saturated heterocycles. The number of nitrogens with zero attached hydrogens (tertiary/aromatic N) is 4. The SMILES string of the molecule is CN1C=[N+](c2cccc(N3C=CN(C)C3)c2)[CH-]C1. The van der Waals surface area contributed by atoms with Crippen molar-refractivity contribution in [3.05, 3.63) is 43.2 Å². The van der Waals surface area contributed by atoms with Crippen molar-refractivity contribution in [2.24, 2.45) is 0 Å². The van der Waals surface area contributed by atoms with Gasteiger partial charge in [0.15, 0.2) is 0 Å². The van der Waals surface area contributed by atoms with Gasteiger partial charge in [-0.2, -0.15) is 0 Å². The van der Waals surface area contributed by atoms with Gasteiger partial charge >= 0.3 is 0 Å². The summed E-state index contributed by atoms with van der Waals surface area (Å²) in [5, 5.41) is 0. The molecule has 1 aromatic carbocycles. The van der Waals surface area contributed by atoms with E-state index >= 15 is 0 Å². The number of hydrogen-bond donors (Lipinski definition) is 0. The monoisotopic (exact) mass is 242 g/mol. The van der Waals surface area contributed by atoms with Crippen molar-refractivity contribution in [3.8, 4) is 0 Å². The quantitative estimate of drug-likeness (QED) is 0.578. The Morgan fingerprint density at radius 3 is 2.72 bits per heavy atom. The van der Waals surface area contributed by atoms with Crippen LogP contribution in [0, 0.1) is 6.54 Å². The maximum atomic E-state index is 2.24. The minimum atomic E-state index is 0.913. The van der Waals surface area contributed by atoms with Gasteiger partial charge in [0.25, 0.3) is 0 Å². The summed E-state index contributed by atoms with van der Waals surface area (Å²) in [5.74, 6) is 0. The van der Waals surface area contributed by atoms with Crippen LogP contribution in [0.3, 0.4) is 0 Å². The van der Waals surface area contributed by atoms with Crippen LogP contribution in [0.5, 0.6) is 0 Å². The average molecular weight is 242 g/mol. The molecular formula is C14H18N4. The van der Waals surface area contributed by atoms with Crippen molar-refractivity contribution in [2.75, 3.05) is 32.2 Å². The molecule has 3 rings (SSSR count). The summed E-state index contributed by atoms with van der Waals surface area (Å²) in [4.78, 5) is 6.56. The van der Waals surface area contributed by atoms with Gasteiger partial charge in [0.1, 0.15) is 6.34 Å². The summed E-state index contributed by atoms with van der Waals surface area (Å²) < 4.78 is 2.17. The first-order valence-electron chi connectivity index (χ1n) is 6.14. The van der Waals surface area contributed by atoms with Gasteiger partial charge in [-0.05, 0) is 12.1 Å². The summed E-state index contributed by atoms with van der Waals surface area (Å²) in [6, 6.07) is 8.61. The predicted molar refractivity (Wildman–Crippen MR) is 73.6 cm³/mol. The standard InChI is InChI=1S/C14H18N4/c1-15-6-8-17(11-15)13-4-3-5-14(10-13)18-9-7-16(2)12-18/h3-6,8-10,12H,7,11H2,1-2H3. The van der Waals surface area contributed by atoms with Crippen molar-refractivity contribution < 1.29 is 4.58 Å². The molecule has 0 N–H and O–H groups in total.